The van der Waals surface area contributed by atoms with E-state index in [0.717, 1.165) is 54.5 Å². The predicted octanol–water partition coefficient (Wildman–Crippen LogP) is 4.01. The molecule has 1 aromatic heterocycles. The summed E-state index contributed by atoms with van der Waals surface area (Å²) in [7, 11) is 0. The van der Waals surface area contributed by atoms with Crippen LogP contribution >= 0.6 is 0 Å². The maximum absolute atomic E-state index is 12.2. The molecule has 1 atom stereocenters. The van der Waals surface area contributed by atoms with Crippen molar-refractivity contribution in [2.45, 2.75) is 45.0 Å². The Kier molecular flexibility index (Phi) is 12.9. The molecule has 0 aliphatic carbocycles. The van der Waals surface area contributed by atoms with Crippen LogP contribution in [-0.4, -0.2) is 58.2 Å². The largest absolute Gasteiger partial charge is 0.508 e. The standard InChI is InChI=1S/C34H41N3O7/c38-22-29-19-28(11-12-31(29)39)32(40)21-35-13-3-1-2-4-14-43-15-16-44-23-24-7-5-8-25(17-24)26-9-6-10-27(18-26)30-20-36-34(42)37-33(30)41/h5-12,17-20,32,35,38-40H,1-4,13-16,21-23H2,(H2,36,37,41,42)/t32-/m1/s1. The normalized spacial score (nSPS) is 12.0. The number of aromatic amines is 2. The molecule has 0 fully saturated rings. The van der Waals surface area contributed by atoms with Crippen molar-refractivity contribution in [3.05, 3.63) is 110 Å². The SMILES string of the molecule is O=c1[nH]cc(-c2cccc(-c3cccc(COCCOCCCCCCNC[C@@H](O)c4ccc(O)c(CO)c4)c3)c2)c(=O)[nH]1. The Morgan fingerprint density at radius 2 is 1.57 bits per heavy atom. The second-order valence-electron chi connectivity index (χ2n) is 10.6. The van der Waals surface area contributed by atoms with Crippen LogP contribution in [0.3, 0.4) is 0 Å². The number of aromatic hydroxyl groups is 1. The molecule has 10 nitrogen and oxygen atoms in total. The maximum Gasteiger partial charge on any atom is 0.325 e. The molecule has 0 saturated carbocycles. The van der Waals surface area contributed by atoms with Gasteiger partial charge < -0.3 is 35.1 Å². The molecule has 44 heavy (non-hydrogen) atoms. The van der Waals surface area contributed by atoms with Gasteiger partial charge in [0, 0.05) is 24.9 Å². The highest BCUT2D eigenvalue weighted by Crippen LogP contribution is 2.25. The fourth-order valence-electron chi connectivity index (χ4n) is 4.84. The number of H-pyrrole nitrogens is 2. The summed E-state index contributed by atoms with van der Waals surface area (Å²) < 4.78 is 11.5. The van der Waals surface area contributed by atoms with Crippen LogP contribution in [0, 0.1) is 0 Å². The van der Waals surface area contributed by atoms with Crippen LogP contribution in [0.1, 0.15) is 48.5 Å². The molecule has 0 spiro atoms. The lowest BCUT2D eigenvalue weighted by Gasteiger charge is -2.14. The Morgan fingerprint density at radius 1 is 0.818 bits per heavy atom. The first-order chi connectivity index (χ1) is 21.4. The van der Waals surface area contributed by atoms with Gasteiger partial charge in [0.1, 0.15) is 5.75 Å². The van der Waals surface area contributed by atoms with Gasteiger partial charge >= 0.3 is 5.69 Å². The fraction of sp³-hybridized carbons (Fsp3) is 0.353. The Labute approximate surface area is 256 Å². The third-order valence-corrected chi connectivity index (χ3v) is 7.28. The molecular formula is C34H41N3O7. The van der Waals surface area contributed by atoms with E-state index in [1.165, 1.54) is 12.3 Å². The molecule has 1 heterocycles. The molecule has 0 unspecified atom stereocenters. The number of hydrogen-bond donors (Lipinski definition) is 6. The minimum absolute atomic E-state index is 0.0283. The highest BCUT2D eigenvalue weighted by molar-refractivity contribution is 5.72. The minimum Gasteiger partial charge on any atom is -0.508 e. The van der Waals surface area contributed by atoms with Crippen molar-refractivity contribution in [3.8, 4) is 28.0 Å². The highest BCUT2D eigenvalue weighted by atomic mass is 16.5. The number of aromatic nitrogens is 2. The predicted molar refractivity (Wildman–Crippen MR) is 169 cm³/mol. The topological polar surface area (TPSA) is 157 Å². The Bertz CT molecular complexity index is 1580. The van der Waals surface area contributed by atoms with E-state index in [9.17, 15) is 24.9 Å². The lowest BCUT2D eigenvalue weighted by Crippen LogP contribution is -2.22. The minimum atomic E-state index is -0.694. The summed E-state index contributed by atoms with van der Waals surface area (Å²) in [6.45, 7) is 3.14. The van der Waals surface area contributed by atoms with Crippen molar-refractivity contribution in [2.75, 3.05) is 32.9 Å². The summed E-state index contributed by atoms with van der Waals surface area (Å²) in [5.41, 5.74) is 4.23. The van der Waals surface area contributed by atoms with E-state index < -0.39 is 17.4 Å². The number of aliphatic hydroxyl groups is 2. The number of aliphatic hydroxyl groups excluding tert-OH is 2. The van der Waals surface area contributed by atoms with Gasteiger partial charge in [0.2, 0.25) is 0 Å². The van der Waals surface area contributed by atoms with E-state index in [1.54, 1.807) is 12.1 Å². The maximum atomic E-state index is 12.2. The molecule has 0 radical (unpaired) electrons. The summed E-state index contributed by atoms with van der Waals surface area (Å²) in [4.78, 5) is 28.3. The van der Waals surface area contributed by atoms with Crippen LogP contribution in [-0.2, 0) is 22.7 Å². The molecule has 234 valence electrons. The van der Waals surface area contributed by atoms with Gasteiger partial charge in [0.25, 0.3) is 5.56 Å². The zero-order chi connectivity index (χ0) is 31.1. The third kappa shape index (κ3) is 10.0. The molecule has 6 N–H and O–H groups in total. The Morgan fingerprint density at radius 3 is 2.39 bits per heavy atom. The Balaban J connectivity index is 1.06. The number of benzene rings is 3. The third-order valence-electron chi connectivity index (χ3n) is 7.28. The number of rotatable bonds is 18. The fourth-order valence-corrected chi connectivity index (χ4v) is 4.84. The molecular weight excluding hydrogens is 562 g/mol. The van der Waals surface area contributed by atoms with Crippen LogP contribution in [0.2, 0.25) is 0 Å². The van der Waals surface area contributed by atoms with E-state index in [1.807, 2.05) is 42.5 Å². The molecule has 0 bridgehead atoms. The van der Waals surface area contributed by atoms with E-state index in [-0.39, 0.29) is 12.4 Å². The number of unbranched alkanes of at least 4 members (excludes halogenated alkanes) is 3. The molecule has 4 rings (SSSR count). The first kappa shape index (κ1) is 32.8. The quantitative estimate of drug-likeness (QED) is 0.0932. The van der Waals surface area contributed by atoms with Gasteiger partial charge in [-0.15, -0.1) is 0 Å². The molecule has 10 heteroatoms. The van der Waals surface area contributed by atoms with Crippen LogP contribution in [0.15, 0.2) is 82.5 Å². The van der Waals surface area contributed by atoms with Crippen molar-refractivity contribution in [3.63, 3.8) is 0 Å². The summed E-state index contributed by atoms with van der Waals surface area (Å²) in [6.07, 6.45) is 4.84. The van der Waals surface area contributed by atoms with Crippen LogP contribution in [0.25, 0.3) is 22.3 Å². The van der Waals surface area contributed by atoms with Gasteiger partial charge in [-0.25, -0.2) is 4.79 Å². The zero-order valence-electron chi connectivity index (χ0n) is 24.8. The monoisotopic (exact) mass is 603 g/mol. The molecule has 4 aromatic rings. The van der Waals surface area contributed by atoms with Crippen LogP contribution in [0.5, 0.6) is 5.75 Å². The molecule has 0 aliphatic heterocycles. The van der Waals surface area contributed by atoms with E-state index >= 15 is 0 Å². The van der Waals surface area contributed by atoms with Gasteiger partial charge in [-0.05, 0) is 71.5 Å². The van der Waals surface area contributed by atoms with Crippen molar-refractivity contribution >= 4 is 0 Å². The highest BCUT2D eigenvalue weighted by Gasteiger charge is 2.10. The van der Waals surface area contributed by atoms with Gasteiger partial charge in [-0.3, -0.25) is 9.78 Å². The average Bonchev–Trinajstić information content (AvgIpc) is 3.03. The smallest absolute Gasteiger partial charge is 0.325 e. The molecule has 0 saturated heterocycles. The van der Waals surface area contributed by atoms with Gasteiger partial charge in [0.15, 0.2) is 0 Å². The van der Waals surface area contributed by atoms with Crippen molar-refractivity contribution in [2.24, 2.45) is 0 Å². The number of phenols is 1. The zero-order valence-corrected chi connectivity index (χ0v) is 24.8. The molecule has 0 aliphatic rings. The van der Waals surface area contributed by atoms with Gasteiger partial charge in [0.05, 0.1) is 38.1 Å². The first-order valence-corrected chi connectivity index (χ1v) is 14.9. The summed E-state index contributed by atoms with van der Waals surface area (Å²) in [6, 6.07) is 20.5. The number of ether oxygens (including phenoxy) is 2. The number of hydrogen-bond acceptors (Lipinski definition) is 8. The van der Waals surface area contributed by atoms with Crippen molar-refractivity contribution in [1.29, 1.82) is 0 Å². The Hall–Kier alpha value is -4.06. The van der Waals surface area contributed by atoms with Crippen LogP contribution in [0.4, 0.5) is 0 Å². The first-order valence-electron chi connectivity index (χ1n) is 14.9. The van der Waals surface area contributed by atoms with Gasteiger partial charge in [-0.1, -0.05) is 55.3 Å². The molecule has 0 amide bonds. The second kappa shape index (κ2) is 17.3. The van der Waals surface area contributed by atoms with E-state index in [0.29, 0.717) is 49.7 Å². The van der Waals surface area contributed by atoms with Crippen molar-refractivity contribution in [1.82, 2.24) is 15.3 Å². The van der Waals surface area contributed by atoms with Gasteiger partial charge in [-0.2, -0.15) is 0 Å². The molecule has 3 aromatic carbocycles. The second-order valence-corrected chi connectivity index (χ2v) is 10.6. The number of nitrogens with one attached hydrogen (secondary N) is 3. The van der Waals surface area contributed by atoms with Crippen molar-refractivity contribution < 1.29 is 24.8 Å². The van der Waals surface area contributed by atoms with E-state index in [4.69, 9.17) is 9.47 Å². The summed E-state index contributed by atoms with van der Waals surface area (Å²) >= 11 is 0. The average molecular weight is 604 g/mol. The lowest BCUT2D eigenvalue weighted by atomic mass is 9.99. The lowest BCUT2D eigenvalue weighted by molar-refractivity contribution is 0.0393. The summed E-state index contributed by atoms with van der Waals surface area (Å²) in [5, 5.41) is 32.5. The summed E-state index contributed by atoms with van der Waals surface area (Å²) in [5.74, 6) is 0.0283. The van der Waals surface area contributed by atoms with E-state index in [2.05, 4.69) is 21.4 Å². The van der Waals surface area contributed by atoms with Crippen LogP contribution < -0.4 is 16.6 Å².